The Labute approximate surface area is 119 Å². The molecule has 1 aromatic heterocycles. The number of fused-ring (bicyclic) bond motifs is 1. The Morgan fingerprint density at radius 1 is 1.55 bits per heavy atom. The highest BCUT2D eigenvalue weighted by molar-refractivity contribution is 5.76. The average Bonchev–Trinajstić information content (AvgIpc) is 2.94. The summed E-state index contributed by atoms with van der Waals surface area (Å²) in [5, 5.41) is 7.34. The van der Waals surface area contributed by atoms with E-state index >= 15 is 0 Å². The zero-order valence-corrected chi connectivity index (χ0v) is 12.1. The van der Waals surface area contributed by atoms with Gasteiger partial charge < -0.3 is 10.1 Å². The van der Waals surface area contributed by atoms with E-state index in [1.807, 2.05) is 19.2 Å². The molecule has 0 unspecified atom stereocenters. The van der Waals surface area contributed by atoms with Crippen molar-refractivity contribution in [2.75, 3.05) is 19.7 Å². The van der Waals surface area contributed by atoms with Crippen LogP contribution in [0.4, 0.5) is 0 Å². The molecule has 3 atom stereocenters. The molecule has 1 aromatic rings. The molecule has 6 nitrogen and oxygen atoms in total. The lowest BCUT2D eigenvalue weighted by Crippen LogP contribution is -2.45. The number of hydrogen-bond acceptors (Lipinski definition) is 4. The van der Waals surface area contributed by atoms with Crippen LogP contribution in [-0.2, 0) is 16.1 Å². The molecule has 0 radical (unpaired) electrons. The molecule has 2 saturated heterocycles. The normalized spacial score (nSPS) is 30.2. The fourth-order valence-electron chi connectivity index (χ4n) is 3.12. The van der Waals surface area contributed by atoms with E-state index in [2.05, 4.69) is 22.2 Å². The molecule has 2 aliphatic heterocycles. The molecule has 0 spiro atoms. The van der Waals surface area contributed by atoms with Crippen LogP contribution in [0.2, 0.25) is 0 Å². The van der Waals surface area contributed by atoms with E-state index < -0.39 is 0 Å². The van der Waals surface area contributed by atoms with Crippen LogP contribution in [-0.4, -0.2) is 58.5 Å². The second-order valence-corrected chi connectivity index (χ2v) is 5.91. The number of aromatic nitrogens is 2. The standard InChI is InChI=1S/C14H22N4O2/c1-10-3-4-18(16-10)8-14(19)15-12-5-13-9-20-11(2)6-17(13)7-12/h3-4,11-13H,5-9H2,1-2H3,(H,15,19)/t11-,12+,13-/m0/s1. The molecule has 1 amide bonds. The van der Waals surface area contributed by atoms with Crippen molar-refractivity contribution < 1.29 is 9.53 Å². The van der Waals surface area contributed by atoms with Crippen LogP contribution in [0, 0.1) is 6.92 Å². The van der Waals surface area contributed by atoms with Gasteiger partial charge in [0.2, 0.25) is 5.91 Å². The molecule has 110 valence electrons. The van der Waals surface area contributed by atoms with E-state index in [9.17, 15) is 4.79 Å². The first-order valence-electron chi connectivity index (χ1n) is 7.25. The van der Waals surface area contributed by atoms with Crippen LogP contribution in [0.3, 0.4) is 0 Å². The molecule has 6 heteroatoms. The van der Waals surface area contributed by atoms with E-state index in [-0.39, 0.29) is 11.9 Å². The second-order valence-electron chi connectivity index (χ2n) is 5.91. The van der Waals surface area contributed by atoms with Gasteiger partial charge in [-0.3, -0.25) is 14.4 Å². The Morgan fingerprint density at radius 3 is 3.15 bits per heavy atom. The van der Waals surface area contributed by atoms with Crippen molar-refractivity contribution in [1.29, 1.82) is 0 Å². The van der Waals surface area contributed by atoms with Crippen molar-refractivity contribution in [3.05, 3.63) is 18.0 Å². The molecule has 2 fully saturated rings. The van der Waals surface area contributed by atoms with Gasteiger partial charge in [0.1, 0.15) is 6.54 Å². The van der Waals surface area contributed by atoms with Gasteiger partial charge >= 0.3 is 0 Å². The molecule has 3 heterocycles. The summed E-state index contributed by atoms with van der Waals surface area (Å²) in [6.07, 6.45) is 3.12. The summed E-state index contributed by atoms with van der Waals surface area (Å²) in [6, 6.07) is 2.60. The molecule has 3 rings (SSSR count). The minimum absolute atomic E-state index is 0.0342. The minimum atomic E-state index is 0.0342. The van der Waals surface area contributed by atoms with Gasteiger partial charge in [0, 0.05) is 31.4 Å². The van der Waals surface area contributed by atoms with Gasteiger partial charge in [0.25, 0.3) is 0 Å². The van der Waals surface area contributed by atoms with Crippen LogP contribution < -0.4 is 5.32 Å². The lowest BCUT2D eigenvalue weighted by molar-refractivity contribution is -0.122. The first kappa shape index (κ1) is 13.6. The van der Waals surface area contributed by atoms with Gasteiger partial charge in [-0.05, 0) is 26.3 Å². The highest BCUT2D eigenvalue weighted by atomic mass is 16.5. The van der Waals surface area contributed by atoms with Crippen molar-refractivity contribution in [2.45, 2.75) is 45.0 Å². The summed E-state index contributed by atoms with van der Waals surface area (Å²) < 4.78 is 7.35. The fourth-order valence-corrected chi connectivity index (χ4v) is 3.12. The predicted octanol–water partition coefficient (Wildman–Crippen LogP) is 0.169. The number of ether oxygens (including phenoxy) is 1. The number of nitrogens with one attached hydrogen (secondary N) is 1. The maximum absolute atomic E-state index is 12.0. The predicted molar refractivity (Wildman–Crippen MR) is 74.3 cm³/mol. The van der Waals surface area contributed by atoms with Crippen LogP contribution in [0.25, 0.3) is 0 Å². The first-order valence-corrected chi connectivity index (χ1v) is 7.25. The van der Waals surface area contributed by atoms with Crippen LogP contribution in [0.1, 0.15) is 19.0 Å². The number of aryl methyl sites for hydroxylation is 1. The van der Waals surface area contributed by atoms with E-state index in [1.54, 1.807) is 4.68 Å². The van der Waals surface area contributed by atoms with Crippen LogP contribution in [0.15, 0.2) is 12.3 Å². The third-order valence-electron chi connectivity index (χ3n) is 4.04. The lowest BCUT2D eigenvalue weighted by Gasteiger charge is -2.33. The molecular formula is C14H22N4O2. The number of rotatable bonds is 3. The summed E-state index contributed by atoms with van der Waals surface area (Å²) in [6.45, 7) is 7.00. The largest absolute Gasteiger partial charge is 0.376 e. The minimum Gasteiger partial charge on any atom is -0.376 e. The third kappa shape index (κ3) is 3.02. The van der Waals surface area contributed by atoms with Gasteiger partial charge in [-0.25, -0.2) is 0 Å². The molecule has 2 aliphatic rings. The Hall–Kier alpha value is -1.40. The Bertz CT molecular complexity index is 487. The lowest BCUT2D eigenvalue weighted by atomic mass is 10.1. The molecular weight excluding hydrogens is 256 g/mol. The number of hydrogen-bond donors (Lipinski definition) is 1. The first-order chi connectivity index (χ1) is 9.60. The zero-order valence-electron chi connectivity index (χ0n) is 12.1. The van der Waals surface area contributed by atoms with Gasteiger partial charge in [-0.15, -0.1) is 0 Å². The highest BCUT2D eigenvalue weighted by Gasteiger charge is 2.36. The molecule has 0 aliphatic carbocycles. The number of carbonyl (C=O) groups is 1. The zero-order chi connectivity index (χ0) is 14.1. The van der Waals surface area contributed by atoms with Gasteiger partial charge in [-0.1, -0.05) is 0 Å². The smallest absolute Gasteiger partial charge is 0.241 e. The molecule has 20 heavy (non-hydrogen) atoms. The average molecular weight is 278 g/mol. The highest BCUT2D eigenvalue weighted by Crippen LogP contribution is 2.23. The Kier molecular flexibility index (Phi) is 3.76. The maximum atomic E-state index is 12.0. The van der Waals surface area contributed by atoms with Crippen LogP contribution in [0.5, 0.6) is 0 Å². The van der Waals surface area contributed by atoms with Crippen molar-refractivity contribution in [3.63, 3.8) is 0 Å². The van der Waals surface area contributed by atoms with Gasteiger partial charge in [0.05, 0.1) is 18.4 Å². The summed E-state index contributed by atoms with van der Waals surface area (Å²) >= 11 is 0. The second kappa shape index (κ2) is 5.54. The molecule has 0 bridgehead atoms. The number of morpholine rings is 1. The molecule has 1 N–H and O–H groups in total. The Morgan fingerprint density at radius 2 is 2.40 bits per heavy atom. The summed E-state index contributed by atoms with van der Waals surface area (Å²) in [7, 11) is 0. The monoisotopic (exact) mass is 278 g/mol. The SMILES string of the molecule is Cc1ccn(CC(=O)N[C@@H]2C[C@H]3CO[C@@H](C)CN3C2)n1. The van der Waals surface area contributed by atoms with E-state index in [1.165, 1.54) is 0 Å². The third-order valence-corrected chi connectivity index (χ3v) is 4.04. The Balaban J connectivity index is 1.50. The van der Waals surface area contributed by atoms with E-state index in [4.69, 9.17) is 4.74 Å². The number of amides is 1. The van der Waals surface area contributed by atoms with Crippen molar-refractivity contribution in [2.24, 2.45) is 0 Å². The van der Waals surface area contributed by atoms with Crippen LogP contribution >= 0.6 is 0 Å². The number of nitrogens with zero attached hydrogens (tertiary/aromatic N) is 3. The molecule has 0 saturated carbocycles. The van der Waals surface area contributed by atoms with Crippen molar-refractivity contribution >= 4 is 5.91 Å². The van der Waals surface area contributed by atoms with E-state index in [0.717, 1.165) is 31.8 Å². The van der Waals surface area contributed by atoms with E-state index in [0.29, 0.717) is 18.7 Å². The van der Waals surface area contributed by atoms with Crippen molar-refractivity contribution in [1.82, 2.24) is 20.0 Å². The van der Waals surface area contributed by atoms with Gasteiger partial charge in [0.15, 0.2) is 0 Å². The quantitative estimate of drug-likeness (QED) is 0.856. The topological polar surface area (TPSA) is 59.4 Å². The maximum Gasteiger partial charge on any atom is 0.241 e. The summed E-state index contributed by atoms with van der Waals surface area (Å²) in [5.41, 5.74) is 0.932. The summed E-state index contributed by atoms with van der Waals surface area (Å²) in [4.78, 5) is 14.5. The fraction of sp³-hybridized carbons (Fsp3) is 0.714. The van der Waals surface area contributed by atoms with Gasteiger partial charge in [-0.2, -0.15) is 5.10 Å². The number of carbonyl (C=O) groups excluding carboxylic acids is 1. The molecule has 0 aromatic carbocycles. The summed E-state index contributed by atoms with van der Waals surface area (Å²) in [5.74, 6) is 0.0342. The van der Waals surface area contributed by atoms with Crippen molar-refractivity contribution in [3.8, 4) is 0 Å².